The molecule has 1 aliphatic rings. The maximum absolute atomic E-state index is 11.4. The van der Waals surface area contributed by atoms with Crippen LogP contribution >= 0.6 is 0 Å². The molecule has 0 aliphatic heterocycles. The first-order valence-corrected chi connectivity index (χ1v) is 12.8. The standard InChI is InChI=1S/C26H34O6Se/c1-25(2)9-10-26(3,4)23-19(25)14-18(15-21(23)32-16-31-12-11-29-5)33-22-8-7-17(24(27)28)13-20(22)30-6/h7-8,13-15H,9-12,16H2,1-6H3,(H,27,28). The van der Waals surface area contributed by atoms with Crippen molar-refractivity contribution in [3.63, 3.8) is 0 Å². The molecule has 0 saturated heterocycles. The van der Waals surface area contributed by atoms with E-state index in [1.54, 1.807) is 26.4 Å². The number of methoxy groups -OCH3 is 2. The van der Waals surface area contributed by atoms with E-state index in [4.69, 9.17) is 18.9 Å². The van der Waals surface area contributed by atoms with Crippen molar-refractivity contribution in [2.75, 3.05) is 34.2 Å². The Morgan fingerprint density at radius 1 is 1.00 bits per heavy atom. The summed E-state index contributed by atoms with van der Waals surface area (Å²) in [4.78, 5) is 11.4. The van der Waals surface area contributed by atoms with E-state index < -0.39 is 5.97 Å². The summed E-state index contributed by atoms with van der Waals surface area (Å²) in [7, 11) is 3.22. The summed E-state index contributed by atoms with van der Waals surface area (Å²) in [6.07, 6.45) is 2.19. The van der Waals surface area contributed by atoms with Gasteiger partial charge in [-0.15, -0.1) is 0 Å². The molecule has 1 N–H and O–H groups in total. The van der Waals surface area contributed by atoms with Crippen LogP contribution < -0.4 is 18.4 Å². The molecule has 0 saturated carbocycles. The molecular formula is C26H34O6Se. The molecule has 33 heavy (non-hydrogen) atoms. The van der Waals surface area contributed by atoms with Gasteiger partial charge in [0.2, 0.25) is 0 Å². The third-order valence-electron chi connectivity index (χ3n) is 6.22. The molecule has 0 unspecified atom stereocenters. The van der Waals surface area contributed by atoms with Gasteiger partial charge in [0.25, 0.3) is 0 Å². The van der Waals surface area contributed by atoms with E-state index in [-0.39, 0.29) is 38.1 Å². The number of carbonyl (C=O) groups is 1. The van der Waals surface area contributed by atoms with Crippen LogP contribution in [0.2, 0.25) is 0 Å². The van der Waals surface area contributed by atoms with Gasteiger partial charge in [0.15, 0.2) is 0 Å². The molecule has 1 aliphatic carbocycles. The average Bonchev–Trinajstić information content (AvgIpc) is 2.76. The molecule has 0 spiro atoms. The number of carboxylic acid groups (broad SMARTS) is 1. The van der Waals surface area contributed by atoms with E-state index in [0.717, 1.165) is 27.5 Å². The van der Waals surface area contributed by atoms with Crippen LogP contribution in [0.5, 0.6) is 11.5 Å². The fourth-order valence-electron chi connectivity index (χ4n) is 4.20. The number of hydrogen-bond acceptors (Lipinski definition) is 5. The summed E-state index contributed by atoms with van der Waals surface area (Å²) in [5, 5.41) is 9.31. The number of fused-ring (bicyclic) bond motifs is 1. The van der Waals surface area contributed by atoms with Crippen LogP contribution in [-0.4, -0.2) is 60.3 Å². The van der Waals surface area contributed by atoms with Gasteiger partial charge in [-0.25, -0.2) is 0 Å². The first-order chi connectivity index (χ1) is 15.6. The molecule has 6 nitrogen and oxygen atoms in total. The van der Waals surface area contributed by atoms with E-state index >= 15 is 0 Å². The van der Waals surface area contributed by atoms with Gasteiger partial charge in [-0.3, -0.25) is 0 Å². The summed E-state index contributed by atoms with van der Waals surface area (Å²) in [5.41, 5.74) is 2.81. The Labute approximate surface area is 202 Å². The van der Waals surface area contributed by atoms with Crippen molar-refractivity contribution in [1.82, 2.24) is 0 Å². The maximum atomic E-state index is 11.4. The van der Waals surface area contributed by atoms with Gasteiger partial charge in [0, 0.05) is 0 Å². The first-order valence-electron chi connectivity index (χ1n) is 11.1. The van der Waals surface area contributed by atoms with Crippen molar-refractivity contribution in [2.45, 2.75) is 51.4 Å². The van der Waals surface area contributed by atoms with E-state index in [1.807, 2.05) is 6.07 Å². The Morgan fingerprint density at radius 3 is 2.39 bits per heavy atom. The fourth-order valence-corrected chi connectivity index (χ4v) is 6.24. The van der Waals surface area contributed by atoms with Gasteiger partial charge in [-0.1, -0.05) is 0 Å². The van der Waals surface area contributed by atoms with Crippen molar-refractivity contribution >= 4 is 29.8 Å². The van der Waals surface area contributed by atoms with Crippen molar-refractivity contribution in [3.05, 3.63) is 47.0 Å². The van der Waals surface area contributed by atoms with Crippen LogP contribution in [0, 0.1) is 0 Å². The third-order valence-corrected chi connectivity index (χ3v) is 8.38. The Hall–Kier alpha value is -2.05. The normalized spacial score (nSPS) is 16.2. The second kappa shape index (κ2) is 10.5. The number of aromatic carboxylic acids is 1. The van der Waals surface area contributed by atoms with E-state index in [2.05, 4.69) is 39.8 Å². The number of ether oxygens (including phenoxy) is 4. The Balaban J connectivity index is 2.01. The Bertz CT molecular complexity index is 999. The summed E-state index contributed by atoms with van der Waals surface area (Å²) >= 11 is -0.0932. The van der Waals surface area contributed by atoms with Crippen molar-refractivity contribution < 1.29 is 28.8 Å². The van der Waals surface area contributed by atoms with Gasteiger partial charge in [0.1, 0.15) is 0 Å². The number of carboxylic acids is 1. The van der Waals surface area contributed by atoms with Crippen LogP contribution in [0.25, 0.3) is 0 Å². The molecule has 0 fully saturated rings. The Morgan fingerprint density at radius 2 is 1.73 bits per heavy atom. The quantitative estimate of drug-likeness (QED) is 0.294. The Kier molecular flexibility index (Phi) is 8.12. The van der Waals surface area contributed by atoms with E-state index in [0.29, 0.717) is 19.0 Å². The SMILES string of the molecule is COCCOCOc1cc([Se]c2ccc(C(=O)O)cc2OC)cc2c1C(C)(C)CCC2(C)C. The zero-order valence-electron chi connectivity index (χ0n) is 20.3. The van der Waals surface area contributed by atoms with Gasteiger partial charge < -0.3 is 0 Å². The number of benzene rings is 2. The van der Waals surface area contributed by atoms with Crippen LogP contribution in [0.3, 0.4) is 0 Å². The minimum atomic E-state index is -0.964. The van der Waals surface area contributed by atoms with Crippen molar-refractivity contribution in [1.29, 1.82) is 0 Å². The van der Waals surface area contributed by atoms with E-state index in [9.17, 15) is 9.90 Å². The molecule has 0 radical (unpaired) electrons. The van der Waals surface area contributed by atoms with Gasteiger partial charge >= 0.3 is 203 Å². The molecule has 2 aromatic rings. The summed E-state index contributed by atoms with van der Waals surface area (Å²) < 4.78 is 24.5. The third kappa shape index (κ3) is 5.90. The van der Waals surface area contributed by atoms with Gasteiger partial charge in [-0.05, 0) is 0 Å². The molecule has 0 heterocycles. The molecule has 180 valence electrons. The number of rotatable bonds is 10. The zero-order valence-corrected chi connectivity index (χ0v) is 22.0. The molecule has 3 rings (SSSR count). The minimum absolute atomic E-state index is 0.000920. The number of hydrogen-bond donors (Lipinski definition) is 1. The summed E-state index contributed by atoms with van der Waals surface area (Å²) in [6, 6.07) is 9.50. The monoisotopic (exact) mass is 522 g/mol. The fraction of sp³-hybridized carbons (Fsp3) is 0.500. The van der Waals surface area contributed by atoms with Gasteiger partial charge in [-0.2, -0.15) is 0 Å². The van der Waals surface area contributed by atoms with E-state index in [1.165, 1.54) is 11.1 Å². The predicted molar refractivity (Wildman–Crippen MR) is 130 cm³/mol. The van der Waals surface area contributed by atoms with Crippen LogP contribution in [0.1, 0.15) is 62.0 Å². The predicted octanol–water partition coefficient (Wildman–Crippen LogP) is 3.40. The van der Waals surface area contributed by atoms with Crippen molar-refractivity contribution in [3.8, 4) is 11.5 Å². The second-order valence-electron chi connectivity index (χ2n) is 9.55. The zero-order chi connectivity index (χ0) is 24.2. The van der Waals surface area contributed by atoms with Crippen LogP contribution in [-0.2, 0) is 20.3 Å². The summed E-state index contributed by atoms with van der Waals surface area (Å²) in [6.45, 7) is 10.3. The average molecular weight is 522 g/mol. The van der Waals surface area contributed by atoms with Crippen molar-refractivity contribution in [2.24, 2.45) is 0 Å². The molecule has 0 aromatic heterocycles. The second-order valence-corrected chi connectivity index (χ2v) is 11.9. The molecular weight excluding hydrogens is 487 g/mol. The molecule has 7 heteroatoms. The molecule has 2 aromatic carbocycles. The van der Waals surface area contributed by atoms with Crippen LogP contribution in [0.15, 0.2) is 30.3 Å². The molecule has 0 atom stereocenters. The molecule has 0 amide bonds. The molecule has 0 bridgehead atoms. The summed E-state index contributed by atoms with van der Waals surface area (Å²) in [5.74, 6) is 0.493. The van der Waals surface area contributed by atoms with Crippen LogP contribution in [0.4, 0.5) is 0 Å². The van der Waals surface area contributed by atoms with Gasteiger partial charge in [0.05, 0.1) is 0 Å². The topological polar surface area (TPSA) is 74.2 Å². The first kappa shape index (κ1) is 25.6.